The molecule has 0 N–H and O–H groups in total. The summed E-state index contributed by atoms with van der Waals surface area (Å²) in [5.41, 5.74) is 1.21. The van der Waals surface area contributed by atoms with E-state index in [1.165, 1.54) is 0 Å². The molecule has 0 bridgehead atoms. The van der Waals surface area contributed by atoms with Crippen LogP contribution >= 0.6 is 11.6 Å². The van der Waals surface area contributed by atoms with Gasteiger partial charge in [-0.3, -0.25) is 0 Å². The van der Waals surface area contributed by atoms with Crippen molar-refractivity contribution < 1.29 is 49.0 Å². The van der Waals surface area contributed by atoms with E-state index in [-0.39, 0.29) is 30.2 Å². The topological polar surface area (TPSA) is 9.23 Å². The Labute approximate surface area is 121 Å². The third kappa shape index (κ3) is 4.97. The average Bonchev–Trinajstić information content (AvgIpc) is 2.03. The molecule has 0 unspecified atom stereocenters. The Hall–Kier alpha value is 0.604. The van der Waals surface area contributed by atoms with Crippen LogP contribution < -0.4 is 28.1 Å². The number of rotatable bonds is 1. The van der Waals surface area contributed by atoms with Crippen molar-refractivity contribution in [3.05, 3.63) is 28.8 Å². The molecule has 0 heterocycles. The van der Waals surface area contributed by atoms with Crippen LogP contribution in [-0.4, -0.2) is 0 Å². The molecule has 15 heavy (non-hydrogen) atoms. The van der Waals surface area contributed by atoms with Crippen LogP contribution in [0.15, 0.2) is 18.2 Å². The summed E-state index contributed by atoms with van der Waals surface area (Å²) in [6, 6.07) is 5.71. The zero-order valence-corrected chi connectivity index (χ0v) is 12.6. The van der Waals surface area contributed by atoms with Crippen molar-refractivity contribution in [1.82, 2.24) is 0 Å². The van der Waals surface area contributed by atoms with E-state index >= 15 is 0 Å². The van der Waals surface area contributed by atoms with Gasteiger partial charge in [0, 0.05) is 0 Å². The first-order chi connectivity index (χ1) is 5.95. The van der Waals surface area contributed by atoms with Crippen molar-refractivity contribution >= 4 is 11.6 Å². The first kappa shape index (κ1) is 18.0. The van der Waals surface area contributed by atoms with E-state index in [1.807, 2.05) is 18.2 Å². The van der Waals surface area contributed by atoms with E-state index < -0.39 is 0 Å². The molecule has 0 aliphatic carbocycles. The zero-order valence-electron chi connectivity index (χ0n) is 8.77. The van der Waals surface area contributed by atoms with Gasteiger partial charge in [-0.25, -0.2) is 0 Å². The van der Waals surface area contributed by atoms with Crippen molar-refractivity contribution in [1.29, 1.82) is 0 Å². The van der Waals surface area contributed by atoms with Crippen LogP contribution in [-0.2, 0) is 26.2 Å². The van der Waals surface area contributed by atoms with Crippen LogP contribution in [0.3, 0.4) is 0 Å². The summed E-state index contributed by atoms with van der Waals surface area (Å²) < 4.78 is 5.27. The molecule has 1 rings (SSSR count). The summed E-state index contributed by atoms with van der Waals surface area (Å²) in [5, 5.41) is 0.755. The molecule has 0 aliphatic rings. The number of hydrogen-bond acceptors (Lipinski definition) is 1. The summed E-state index contributed by atoms with van der Waals surface area (Å²) in [6.07, 6.45) is 0. The van der Waals surface area contributed by atoms with Gasteiger partial charge in [0.05, 0.1) is 0 Å². The van der Waals surface area contributed by atoms with Gasteiger partial charge in [-0.2, -0.15) is 0 Å². The van der Waals surface area contributed by atoms with E-state index in [4.69, 9.17) is 14.9 Å². The molecule has 0 fully saturated rings. The summed E-state index contributed by atoms with van der Waals surface area (Å²) in [5.74, 6) is 0.900. The SMILES string of the molecule is CC(C)(C)c1cc(Cl)ccc1[O][Ti+2].[Cl-].[Cl-]. The molecular weight excluding hydrogens is 290 g/mol. The van der Waals surface area contributed by atoms with Gasteiger partial charge in [0.2, 0.25) is 0 Å². The van der Waals surface area contributed by atoms with Crippen LogP contribution in [0.1, 0.15) is 26.3 Å². The molecule has 0 saturated carbocycles. The quantitative estimate of drug-likeness (QED) is 0.521. The smallest absolute Gasteiger partial charge is 1.00 e. The largest absolute Gasteiger partial charge is 1.00 e. The van der Waals surface area contributed by atoms with Gasteiger partial charge in [-0.15, -0.1) is 0 Å². The predicted octanol–water partition coefficient (Wildman–Crippen LogP) is -2.51. The molecule has 0 amide bonds. The fourth-order valence-corrected chi connectivity index (χ4v) is 1.63. The number of benzene rings is 1. The normalized spacial score (nSPS) is 10.0. The number of halogens is 3. The van der Waals surface area contributed by atoms with Crippen molar-refractivity contribution in [2.24, 2.45) is 0 Å². The Balaban J connectivity index is 0. The molecule has 1 aromatic rings. The predicted molar refractivity (Wildman–Crippen MR) is 50.8 cm³/mol. The molecule has 0 aliphatic heterocycles. The van der Waals surface area contributed by atoms with Crippen LogP contribution in [0.2, 0.25) is 5.02 Å². The van der Waals surface area contributed by atoms with Crippen molar-refractivity contribution in [2.75, 3.05) is 0 Å². The van der Waals surface area contributed by atoms with Crippen LogP contribution in [0.25, 0.3) is 0 Å². The molecule has 1 aromatic carbocycles. The van der Waals surface area contributed by atoms with Crippen LogP contribution in [0.5, 0.6) is 5.75 Å². The summed E-state index contributed by atoms with van der Waals surface area (Å²) in [6.45, 7) is 6.42. The number of hydrogen-bond donors (Lipinski definition) is 0. The first-order valence-electron chi connectivity index (χ1n) is 4.09. The van der Waals surface area contributed by atoms with Crippen molar-refractivity contribution in [2.45, 2.75) is 26.2 Å². The third-order valence-corrected chi connectivity index (χ3v) is 2.44. The van der Waals surface area contributed by atoms with E-state index in [0.717, 1.165) is 16.3 Å². The maximum Gasteiger partial charge on any atom is -1.00 e. The second-order valence-corrected chi connectivity index (χ2v) is 4.75. The van der Waals surface area contributed by atoms with Gasteiger partial charge in [-0.1, -0.05) is 0 Å². The van der Waals surface area contributed by atoms with Crippen LogP contribution in [0, 0.1) is 0 Å². The maximum atomic E-state index is 5.92. The molecule has 1 nitrogen and oxygen atoms in total. The molecule has 0 saturated heterocycles. The Morgan fingerprint density at radius 3 is 2.13 bits per heavy atom. The summed E-state index contributed by atoms with van der Waals surface area (Å²) in [7, 11) is 0. The Morgan fingerprint density at radius 1 is 1.20 bits per heavy atom. The van der Waals surface area contributed by atoms with Crippen molar-refractivity contribution in [3.63, 3.8) is 0 Å². The van der Waals surface area contributed by atoms with Gasteiger partial charge in [0.1, 0.15) is 0 Å². The minimum atomic E-state index is 0. The Morgan fingerprint density at radius 2 is 1.73 bits per heavy atom. The fraction of sp³-hybridized carbons (Fsp3) is 0.400. The first-order valence-corrected chi connectivity index (χ1v) is 5.10. The van der Waals surface area contributed by atoms with Gasteiger partial charge in [-0.05, 0) is 0 Å². The van der Waals surface area contributed by atoms with Gasteiger partial charge in [0.25, 0.3) is 0 Å². The fourth-order valence-electron chi connectivity index (χ4n) is 1.18. The minimum Gasteiger partial charge on any atom is -1.00 e. The minimum absolute atomic E-state index is 0. The molecule has 0 aromatic heterocycles. The van der Waals surface area contributed by atoms with E-state index in [9.17, 15) is 0 Å². The zero-order chi connectivity index (χ0) is 10.1. The monoisotopic (exact) mass is 301 g/mol. The molecule has 0 radical (unpaired) electrons. The average molecular weight is 302 g/mol. The van der Waals surface area contributed by atoms with E-state index in [1.54, 1.807) is 20.8 Å². The third-order valence-electron chi connectivity index (χ3n) is 1.86. The maximum absolute atomic E-state index is 5.92. The van der Waals surface area contributed by atoms with Gasteiger partial charge >= 0.3 is 96.5 Å². The molecular formula is C10H12Cl3OTi. The summed E-state index contributed by atoms with van der Waals surface area (Å²) in [4.78, 5) is 0. The Kier molecular flexibility index (Phi) is 8.43. The standard InChI is InChI=1S/C10H13ClO.2ClH.Ti/c1-10(2,3)8-6-7(11)4-5-9(8)12;;;/h4-6,12H,1-3H3;2*1H;/q;;;+3/p-3. The molecule has 83 valence electrons. The van der Waals surface area contributed by atoms with Gasteiger partial charge in [0.15, 0.2) is 0 Å². The van der Waals surface area contributed by atoms with E-state index in [0.29, 0.717) is 0 Å². The van der Waals surface area contributed by atoms with Gasteiger partial charge < -0.3 is 24.8 Å². The Bertz CT molecular complexity index is 310. The summed E-state index contributed by atoms with van der Waals surface area (Å²) >= 11 is 7.60. The van der Waals surface area contributed by atoms with E-state index in [2.05, 4.69) is 20.8 Å². The second-order valence-electron chi connectivity index (χ2n) is 3.99. The molecule has 5 heteroatoms. The second kappa shape index (κ2) is 7.03. The molecule has 0 spiro atoms. The van der Waals surface area contributed by atoms with Crippen molar-refractivity contribution in [3.8, 4) is 5.75 Å². The van der Waals surface area contributed by atoms with Crippen LogP contribution in [0.4, 0.5) is 0 Å². The molecule has 0 atom stereocenters.